The second kappa shape index (κ2) is 6.20. The lowest BCUT2D eigenvalue weighted by Crippen LogP contribution is -2.48. The average Bonchev–Trinajstić information content (AvgIpc) is 2.91. The van der Waals surface area contributed by atoms with Crippen molar-refractivity contribution in [3.8, 4) is 0 Å². The summed E-state index contributed by atoms with van der Waals surface area (Å²) < 4.78 is 38.0. The Balaban J connectivity index is 1.75. The summed E-state index contributed by atoms with van der Waals surface area (Å²) in [5, 5.41) is 3.51. The van der Waals surface area contributed by atoms with E-state index in [4.69, 9.17) is 9.47 Å². The van der Waals surface area contributed by atoms with Gasteiger partial charge >= 0.3 is 0 Å². The van der Waals surface area contributed by atoms with E-state index in [9.17, 15) is 8.78 Å². The quantitative estimate of drug-likeness (QED) is 0.929. The van der Waals surface area contributed by atoms with Crippen molar-refractivity contribution in [1.82, 2.24) is 5.32 Å². The minimum atomic E-state index is -0.813. The molecular formula is C15H19F2NO2S. The van der Waals surface area contributed by atoms with Crippen LogP contribution in [0.1, 0.15) is 19.3 Å². The van der Waals surface area contributed by atoms with Crippen molar-refractivity contribution in [1.29, 1.82) is 0 Å². The molecule has 0 aromatic heterocycles. The minimum absolute atomic E-state index is 0.201. The van der Waals surface area contributed by atoms with Crippen molar-refractivity contribution >= 4 is 11.8 Å². The highest BCUT2D eigenvalue weighted by Crippen LogP contribution is 2.42. The summed E-state index contributed by atoms with van der Waals surface area (Å²) in [4.78, 5) is 0.731. The molecule has 1 heterocycles. The molecule has 1 aliphatic heterocycles. The van der Waals surface area contributed by atoms with Crippen molar-refractivity contribution < 1.29 is 18.3 Å². The van der Waals surface area contributed by atoms with Gasteiger partial charge in [-0.1, -0.05) is 0 Å². The van der Waals surface area contributed by atoms with Crippen LogP contribution in [0.4, 0.5) is 8.78 Å². The van der Waals surface area contributed by atoms with Gasteiger partial charge < -0.3 is 14.8 Å². The molecule has 0 radical (unpaired) electrons. The average molecular weight is 315 g/mol. The van der Waals surface area contributed by atoms with E-state index in [-0.39, 0.29) is 5.25 Å². The molecule has 0 amide bonds. The molecular weight excluding hydrogens is 296 g/mol. The van der Waals surface area contributed by atoms with Crippen molar-refractivity contribution in [2.45, 2.75) is 41.2 Å². The molecule has 21 heavy (non-hydrogen) atoms. The zero-order valence-electron chi connectivity index (χ0n) is 11.9. The second-order valence-electron chi connectivity index (χ2n) is 5.48. The topological polar surface area (TPSA) is 30.5 Å². The van der Waals surface area contributed by atoms with Gasteiger partial charge in [-0.05, 0) is 31.7 Å². The first kappa shape index (κ1) is 15.2. The zero-order chi connectivity index (χ0) is 14.9. The first-order valence-electron chi connectivity index (χ1n) is 7.19. The fourth-order valence-electron chi connectivity index (χ4n) is 3.05. The highest BCUT2D eigenvalue weighted by Gasteiger charge is 2.45. The third kappa shape index (κ3) is 3.23. The fourth-order valence-corrected chi connectivity index (χ4v) is 4.49. The molecule has 2 atom stereocenters. The summed E-state index contributed by atoms with van der Waals surface area (Å²) >= 11 is 1.55. The van der Waals surface area contributed by atoms with Crippen LogP contribution in [0.3, 0.4) is 0 Å². The van der Waals surface area contributed by atoms with Crippen molar-refractivity contribution in [2.75, 3.05) is 20.3 Å². The predicted molar refractivity (Wildman–Crippen MR) is 77.3 cm³/mol. The Morgan fingerprint density at radius 3 is 2.67 bits per heavy atom. The molecule has 2 fully saturated rings. The Hall–Kier alpha value is -0.690. The maximum Gasteiger partial charge on any atom is 0.169 e. The SMILES string of the molecule is CNC1CCC2(CC1Sc1ccc(F)c(F)c1)OCCO2. The van der Waals surface area contributed by atoms with E-state index in [2.05, 4.69) is 5.32 Å². The Kier molecular flexibility index (Phi) is 4.49. The number of nitrogens with one attached hydrogen (secondary N) is 1. The Labute approximate surface area is 127 Å². The van der Waals surface area contributed by atoms with E-state index in [0.717, 1.165) is 24.2 Å². The monoisotopic (exact) mass is 315 g/mol. The van der Waals surface area contributed by atoms with Gasteiger partial charge in [0.05, 0.1) is 13.2 Å². The number of hydrogen-bond acceptors (Lipinski definition) is 4. The molecule has 6 heteroatoms. The molecule has 1 saturated heterocycles. The molecule has 0 bridgehead atoms. The second-order valence-corrected chi connectivity index (χ2v) is 6.79. The lowest BCUT2D eigenvalue weighted by atomic mass is 9.89. The van der Waals surface area contributed by atoms with E-state index >= 15 is 0 Å². The summed E-state index contributed by atoms with van der Waals surface area (Å²) in [6.45, 7) is 1.26. The molecule has 1 spiro atoms. The number of rotatable bonds is 3. The third-order valence-corrected chi connectivity index (χ3v) is 5.48. The molecule has 1 saturated carbocycles. The van der Waals surface area contributed by atoms with Crippen LogP contribution in [0.2, 0.25) is 0 Å². The lowest BCUT2D eigenvalue weighted by Gasteiger charge is -2.40. The Morgan fingerprint density at radius 2 is 2.00 bits per heavy atom. The van der Waals surface area contributed by atoms with Gasteiger partial charge in [0.15, 0.2) is 17.4 Å². The smallest absolute Gasteiger partial charge is 0.169 e. The molecule has 1 aromatic rings. The van der Waals surface area contributed by atoms with Crippen molar-refractivity contribution in [3.05, 3.63) is 29.8 Å². The number of thioether (sulfide) groups is 1. The summed E-state index contributed by atoms with van der Waals surface area (Å²) in [7, 11) is 1.93. The molecule has 2 aliphatic rings. The van der Waals surface area contributed by atoms with Gasteiger partial charge in [-0.3, -0.25) is 0 Å². The van der Waals surface area contributed by atoms with Gasteiger partial charge in [0.25, 0.3) is 0 Å². The van der Waals surface area contributed by atoms with Crippen LogP contribution in [0.25, 0.3) is 0 Å². The Bertz CT molecular complexity index is 508. The van der Waals surface area contributed by atoms with Crippen LogP contribution in [-0.2, 0) is 9.47 Å². The maximum atomic E-state index is 13.4. The number of benzene rings is 1. The van der Waals surface area contributed by atoms with Crippen molar-refractivity contribution in [3.63, 3.8) is 0 Å². The molecule has 1 aliphatic carbocycles. The van der Waals surface area contributed by atoms with Gasteiger partial charge in [-0.2, -0.15) is 0 Å². The number of halogens is 2. The minimum Gasteiger partial charge on any atom is -0.347 e. The largest absolute Gasteiger partial charge is 0.347 e. The van der Waals surface area contributed by atoms with Crippen LogP contribution in [0.15, 0.2) is 23.1 Å². The van der Waals surface area contributed by atoms with E-state index in [0.29, 0.717) is 19.3 Å². The number of ether oxygens (including phenoxy) is 2. The third-order valence-electron chi connectivity index (χ3n) is 4.16. The molecule has 116 valence electrons. The normalized spacial score (nSPS) is 28.1. The van der Waals surface area contributed by atoms with Crippen LogP contribution in [0.5, 0.6) is 0 Å². The molecule has 3 nitrogen and oxygen atoms in total. The number of hydrogen-bond donors (Lipinski definition) is 1. The maximum absolute atomic E-state index is 13.4. The predicted octanol–water partition coefficient (Wildman–Crippen LogP) is 2.94. The lowest BCUT2D eigenvalue weighted by molar-refractivity contribution is -0.177. The molecule has 3 rings (SSSR count). The van der Waals surface area contributed by atoms with Gasteiger partial charge in [0.2, 0.25) is 0 Å². The molecule has 1 N–H and O–H groups in total. The summed E-state index contributed by atoms with van der Waals surface area (Å²) in [6.07, 6.45) is 2.56. The standard InChI is InChI=1S/C15H19F2NO2S/c1-18-13-4-5-15(19-6-7-20-15)9-14(13)21-10-2-3-11(16)12(17)8-10/h2-3,8,13-14,18H,4-7,9H2,1H3. The summed E-state index contributed by atoms with van der Waals surface area (Å²) in [5.41, 5.74) is 0. The van der Waals surface area contributed by atoms with Gasteiger partial charge in [-0.25, -0.2) is 8.78 Å². The fraction of sp³-hybridized carbons (Fsp3) is 0.600. The van der Waals surface area contributed by atoms with E-state index < -0.39 is 17.4 Å². The molecule has 2 unspecified atom stereocenters. The zero-order valence-corrected chi connectivity index (χ0v) is 12.7. The highest BCUT2D eigenvalue weighted by atomic mass is 32.2. The van der Waals surface area contributed by atoms with E-state index in [1.165, 1.54) is 12.1 Å². The highest BCUT2D eigenvalue weighted by molar-refractivity contribution is 8.00. The van der Waals surface area contributed by atoms with E-state index in [1.54, 1.807) is 17.8 Å². The van der Waals surface area contributed by atoms with Crippen molar-refractivity contribution in [2.24, 2.45) is 0 Å². The van der Waals surface area contributed by atoms with Crippen LogP contribution in [0, 0.1) is 11.6 Å². The van der Waals surface area contributed by atoms with Gasteiger partial charge in [0.1, 0.15) is 0 Å². The Morgan fingerprint density at radius 1 is 1.24 bits per heavy atom. The molecule has 1 aromatic carbocycles. The summed E-state index contributed by atoms with van der Waals surface area (Å²) in [6, 6.07) is 4.35. The first-order valence-corrected chi connectivity index (χ1v) is 8.07. The van der Waals surface area contributed by atoms with Crippen LogP contribution < -0.4 is 5.32 Å². The van der Waals surface area contributed by atoms with Gasteiger partial charge in [-0.15, -0.1) is 11.8 Å². The van der Waals surface area contributed by atoms with Gasteiger partial charge in [0, 0.05) is 29.0 Å². The van der Waals surface area contributed by atoms with Crippen LogP contribution in [-0.4, -0.2) is 37.3 Å². The van der Waals surface area contributed by atoms with E-state index in [1.807, 2.05) is 7.05 Å². The van der Waals surface area contributed by atoms with Crippen LogP contribution >= 0.6 is 11.8 Å². The first-order chi connectivity index (χ1) is 10.1. The summed E-state index contributed by atoms with van der Waals surface area (Å²) in [5.74, 6) is -2.10.